The van der Waals surface area contributed by atoms with Crippen LogP contribution in [0.15, 0.2) is 18.5 Å². The molecule has 3 heteroatoms. The van der Waals surface area contributed by atoms with Gasteiger partial charge in [0.1, 0.15) is 6.54 Å². The maximum Gasteiger partial charge on any atom is 0.173 e. The highest BCUT2D eigenvalue weighted by Gasteiger charge is 2.38. The largest absolute Gasteiger partial charge is 1.00 e. The molecule has 0 saturated carbocycles. The zero-order valence-corrected chi connectivity index (χ0v) is 17.1. The van der Waals surface area contributed by atoms with E-state index in [0.717, 1.165) is 5.92 Å². The van der Waals surface area contributed by atoms with Gasteiger partial charge < -0.3 is 24.0 Å². The number of aromatic nitrogens is 1. The minimum atomic E-state index is 0. The second-order valence-electron chi connectivity index (χ2n) is 7.44. The predicted molar refractivity (Wildman–Crippen MR) is 91.8 cm³/mol. The minimum Gasteiger partial charge on any atom is -1.00 e. The maximum atomic E-state index is 2.58. The van der Waals surface area contributed by atoms with E-state index in [1.807, 2.05) is 0 Å². The van der Waals surface area contributed by atoms with Crippen LogP contribution in [0.25, 0.3) is 0 Å². The van der Waals surface area contributed by atoms with Crippen molar-refractivity contribution in [2.24, 2.45) is 5.92 Å². The Morgan fingerprint density at radius 1 is 1.13 bits per heavy atom. The molecule has 1 aliphatic heterocycles. The highest BCUT2D eigenvalue weighted by molar-refractivity contribution is 5.29. The van der Waals surface area contributed by atoms with E-state index in [1.165, 1.54) is 70.9 Å². The molecule has 3 rings (SSSR count). The fourth-order valence-corrected chi connectivity index (χ4v) is 4.46. The molecule has 1 aromatic heterocycles. The molecule has 1 saturated heterocycles. The fraction of sp³-hybridized carbons (Fsp3) is 0.750. The number of hydrogen-bond acceptors (Lipinski definition) is 1. The lowest BCUT2D eigenvalue weighted by Crippen LogP contribution is -3.00. The first kappa shape index (κ1) is 19.2. The molecule has 0 spiro atoms. The number of halogens is 1. The van der Waals surface area contributed by atoms with Crippen molar-refractivity contribution < 1.29 is 28.5 Å². The Bertz CT molecular complexity index is 489. The average molecular weight is 428 g/mol. The van der Waals surface area contributed by atoms with Crippen molar-refractivity contribution >= 4 is 0 Å². The van der Waals surface area contributed by atoms with Crippen LogP contribution < -0.4 is 28.5 Å². The van der Waals surface area contributed by atoms with Gasteiger partial charge >= 0.3 is 0 Å². The summed E-state index contributed by atoms with van der Waals surface area (Å²) in [7, 11) is 2.31. The molecule has 2 atom stereocenters. The molecule has 2 aliphatic rings. The van der Waals surface area contributed by atoms with Gasteiger partial charge in [-0.2, -0.15) is 0 Å². The van der Waals surface area contributed by atoms with Gasteiger partial charge in [-0.3, -0.25) is 4.90 Å². The smallest absolute Gasteiger partial charge is 0.173 e. The SMILES string of the molecule is CCCCCCCC[n+]1ccc2c(c1)[C@@H]1[C@H](CC2)CCN1C.[I-]. The molecule has 2 nitrogen and oxygen atoms in total. The van der Waals surface area contributed by atoms with Crippen molar-refractivity contribution in [3.8, 4) is 0 Å². The Morgan fingerprint density at radius 3 is 2.74 bits per heavy atom. The molecule has 0 bridgehead atoms. The Labute approximate surface area is 159 Å². The zero-order valence-electron chi connectivity index (χ0n) is 14.9. The Kier molecular flexibility index (Phi) is 7.80. The molecule has 2 heterocycles. The Balaban J connectivity index is 0.00000192. The van der Waals surface area contributed by atoms with Crippen LogP contribution in [0.4, 0.5) is 0 Å². The molecule has 1 fully saturated rings. The second kappa shape index (κ2) is 9.36. The third-order valence-electron chi connectivity index (χ3n) is 5.79. The molecule has 1 aromatic rings. The molecule has 0 N–H and O–H groups in total. The lowest BCUT2D eigenvalue weighted by Gasteiger charge is -2.30. The van der Waals surface area contributed by atoms with E-state index >= 15 is 0 Å². The van der Waals surface area contributed by atoms with Gasteiger partial charge in [0.25, 0.3) is 0 Å². The van der Waals surface area contributed by atoms with E-state index in [2.05, 4.69) is 41.9 Å². The van der Waals surface area contributed by atoms with Gasteiger partial charge in [0.15, 0.2) is 12.4 Å². The summed E-state index contributed by atoms with van der Waals surface area (Å²) in [5.74, 6) is 0.905. The molecule has 0 radical (unpaired) electrons. The lowest BCUT2D eigenvalue weighted by molar-refractivity contribution is -0.698. The van der Waals surface area contributed by atoms with Crippen molar-refractivity contribution in [2.75, 3.05) is 13.6 Å². The molecule has 0 unspecified atom stereocenters. The predicted octanol–water partition coefficient (Wildman–Crippen LogP) is 1.28. The summed E-state index contributed by atoms with van der Waals surface area (Å²) >= 11 is 0. The first-order chi connectivity index (χ1) is 10.8. The number of fused-ring (bicyclic) bond motifs is 3. The summed E-state index contributed by atoms with van der Waals surface area (Å²) in [6.45, 7) is 4.76. The normalized spacial score (nSPS) is 23.2. The van der Waals surface area contributed by atoms with Crippen LogP contribution in [0.5, 0.6) is 0 Å². The molecule has 0 amide bonds. The average Bonchev–Trinajstić information content (AvgIpc) is 2.92. The molecule has 1 aliphatic carbocycles. The standard InChI is InChI=1S/C20H33N2.HI/c1-3-4-5-6-7-8-13-22-15-12-17-9-10-18-11-14-21(2)20(18)19(17)16-22;/h12,15-16,18,20H,3-11,13-14H2,1-2H3;1H/q+1;/p-1/t18-,20+;/m1./s1. The van der Waals surface area contributed by atoms with Crippen LogP contribution in [-0.2, 0) is 13.0 Å². The van der Waals surface area contributed by atoms with Crippen LogP contribution in [0.3, 0.4) is 0 Å². The van der Waals surface area contributed by atoms with Gasteiger partial charge in [0.2, 0.25) is 0 Å². The van der Waals surface area contributed by atoms with Crippen LogP contribution >= 0.6 is 0 Å². The number of likely N-dealkylation sites (tertiary alicyclic amines) is 1. The Morgan fingerprint density at radius 2 is 1.91 bits per heavy atom. The third-order valence-corrected chi connectivity index (χ3v) is 5.79. The number of nitrogens with zero attached hydrogens (tertiary/aromatic N) is 2. The first-order valence-corrected chi connectivity index (χ1v) is 9.51. The molecular weight excluding hydrogens is 395 g/mol. The van der Waals surface area contributed by atoms with Crippen molar-refractivity contribution in [1.82, 2.24) is 4.90 Å². The van der Waals surface area contributed by atoms with Crippen LogP contribution in [-0.4, -0.2) is 18.5 Å². The van der Waals surface area contributed by atoms with E-state index in [9.17, 15) is 0 Å². The van der Waals surface area contributed by atoms with Crippen molar-refractivity contribution in [3.05, 3.63) is 29.6 Å². The van der Waals surface area contributed by atoms with Crippen LogP contribution in [0, 0.1) is 5.92 Å². The third kappa shape index (κ3) is 4.68. The van der Waals surface area contributed by atoms with Crippen molar-refractivity contribution in [1.29, 1.82) is 0 Å². The summed E-state index contributed by atoms with van der Waals surface area (Å²) in [6, 6.07) is 3.09. The van der Waals surface area contributed by atoms with E-state index in [4.69, 9.17) is 0 Å². The summed E-state index contributed by atoms with van der Waals surface area (Å²) in [4.78, 5) is 2.58. The molecule has 0 aromatic carbocycles. The van der Waals surface area contributed by atoms with Gasteiger partial charge in [0, 0.05) is 24.1 Å². The number of aryl methyl sites for hydroxylation is 2. The van der Waals surface area contributed by atoms with E-state index in [-0.39, 0.29) is 24.0 Å². The lowest BCUT2D eigenvalue weighted by atomic mass is 9.81. The summed E-state index contributed by atoms with van der Waals surface area (Å²) in [5, 5.41) is 0. The number of rotatable bonds is 7. The number of unbranched alkanes of at least 4 members (excludes halogenated alkanes) is 5. The quantitative estimate of drug-likeness (QED) is 0.361. The summed E-state index contributed by atoms with van der Waals surface area (Å²) in [6.07, 6.45) is 17.2. The molecule has 23 heavy (non-hydrogen) atoms. The van der Waals surface area contributed by atoms with Gasteiger partial charge in [0.05, 0.1) is 0 Å². The Hall–Kier alpha value is -0.160. The highest BCUT2D eigenvalue weighted by Crippen LogP contribution is 2.43. The van der Waals surface area contributed by atoms with Crippen molar-refractivity contribution in [3.63, 3.8) is 0 Å². The molecule has 130 valence electrons. The number of pyridine rings is 1. The minimum absolute atomic E-state index is 0. The van der Waals surface area contributed by atoms with Crippen molar-refractivity contribution in [2.45, 2.75) is 77.3 Å². The summed E-state index contributed by atoms with van der Waals surface area (Å²) < 4.78 is 2.45. The van der Waals surface area contributed by atoms with E-state index < -0.39 is 0 Å². The van der Waals surface area contributed by atoms with E-state index in [0.29, 0.717) is 6.04 Å². The fourth-order valence-electron chi connectivity index (χ4n) is 4.46. The summed E-state index contributed by atoms with van der Waals surface area (Å²) in [5.41, 5.74) is 3.24. The van der Waals surface area contributed by atoms with Gasteiger partial charge in [-0.25, -0.2) is 4.57 Å². The van der Waals surface area contributed by atoms with Gasteiger partial charge in [-0.05, 0) is 50.8 Å². The topological polar surface area (TPSA) is 7.12 Å². The zero-order chi connectivity index (χ0) is 15.4. The monoisotopic (exact) mass is 428 g/mol. The van der Waals surface area contributed by atoms with E-state index in [1.54, 1.807) is 11.1 Å². The second-order valence-corrected chi connectivity index (χ2v) is 7.44. The number of hydrogen-bond donors (Lipinski definition) is 0. The highest BCUT2D eigenvalue weighted by atomic mass is 127. The van der Waals surface area contributed by atoms with Crippen LogP contribution in [0.2, 0.25) is 0 Å². The molecular formula is C20H33IN2. The first-order valence-electron chi connectivity index (χ1n) is 9.51. The van der Waals surface area contributed by atoms with Gasteiger partial charge in [-0.1, -0.05) is 32.6 Å². The maximum absolute atomic E-state index is 2.58. The van der Waals surface area contributed by atoms with Crippen LogP contribution in [0.1, 0.15) is 75.5 Å². The van der Waals surface area contributed by atoms with Gasteiger partial charge in [-0.15, -0.1) is 0 Å².